The Balaban J connectivity index is 2.36. The molecule has 3 nitrogen and oxygen atoms in total. The highest BCUT2D eigenvalue weighted by Gasteiger charge is 2.16. The maximum Gasteiger partial charge on any atom is 0.347 e. The maximum atomic E-state index is 11.1. The Bertz CT molecular complexity index is 560. The highest BCUT2D eigenvalue weighted by molar-refractivity contribution is 7.13. The molecule has 0 aliphatic carbocycles. The number of hydrogen-bond donors (Lipinski definition) is 1. The van der Waals surface area contributed by atoms with Gasteiger partial charge in [-0.3, -0.25) is 0 Å². The fraction of sp³-hybridized carbons (Fsp3) is 0.231. The summed E-state index contributed by atoms with van der Waals surface area (Å²) < 4.78 is 0. The molecule has 0 bridgehead atoms. The first-order valence-electron chi connectivity index (χ1n) is 5.32. The zero-order chi connectivity index (χ0) is 12.4. The first kappa shape index (κ1) is 11.8. The van der Waals surface area contributed by atoms with Gasteiger partial charge in [0.1, 0.15) is 4.88 Å². The van der Waals surface area contributed by atoms with Crippen LogP contribution >= 0.6 is 11.3 Å². The van der Waals surface area contributed by atoms with Gasteiger partial charge < -0.3 is 5.11 Å². The lowest BCUT2D eigenvalue weighted by atomic mass is 10.0. The van der Waals surface area contributed by atoms with Gasteiger partial charge in [-0.15, -0.1) is 11.3 Å². The number of benzene rings is 1. The average Bonchev–Trinajstić information content (AvgIpc) is 2.63. The summed E-state index contributed by atoms with van der Waals surface area (Å²) >= 11 is 1.24. The van der Waals surface area contributed by atoms with Crippen LogP contribution in [0, 0.1) is 13.8 Å². The molecule has 1 aromatic heterocycles. The molecule has 2 aromatic rings. The third kappa shape index (κ3) is 2.53. The van der Waals surface area contributed by atoms with Crippen LogP contribution in [0.3, 0.4) is 0 Å². The molecule has 2 rings (SSSR count). The smallest absolute Gasteiger partial charge is 0.347 e. The number of thiazole rings is 1. The number of rotatable bonds is 3. The van der Waals surface area contributed by atoms with E-state index in [9.17, 15) is 4.79 Å². The summed E-state index contributed by atoms with van der Waals surface area (Å²) in [6, 6.07) is 7.97. The summed E-state index contributed by atoms with van der Waals surface area (Å²) in [7, 11) is 0. The predicted molar refractivity (Wildman–Crippen MR) is 67.8 cm³/mol. The highest BCUT2D eigenvalue weighted by Crippen LogP contribution is 2.22. The molecule has 1 N–H and O–H groups in total. The van der Waals surface area contributed by atoms with Crippen molar-refractivity contribution >= 4 is 17.3 Å². The van der Waals surface area contributed by atoms with Crippen molar-refractivity contribution in [2.75, 3.05) is 0 Å². The van der Waals surface area contributed by atoms with E-state index in [4.69, 9.17) is 5.11 Å². The van der Waals surface area contributed by atoms with Crippen LogP contribution in [-0.4, -0.2) is 16.1 Å². The largest absolute Gasteiger partial charge is 0.477 e. The lowest BCUT2D eigenvalue weighted by Crippen LogP contribution is -2.00. The van der Waals surface area contributed by atoms with Gasteiger partial charge in [0.05, 0.1) is 10.7 Å². The molecule has 0 unspecified atom stereocenters. The van der Waals surface area contributed by atoms with Crippen molar-refractivity contribution in [3.05, 3.63) is 51.0 Å². The highest BCUT2D eigenvalue weighted by atomic mass is 32.1. The van der Waals surface area contributed by atoms with Crippen LogP contribution in [0.5, 0.6) is 0 Å². The van der Waals surface area contributed by atoms with Crippen LogP contribution < -0.4 is 0 Å². The third-order valence-corrected chi connectivity index (χ3v) is 3.62. The van der Waals surface area contributed by atoms with Crippen molar-refractivity contribution in [3.8, 4) is 0 Å². The van der Waals surface area contributed by atoms with Gasteiger partial charge in [0.15, 0.2) is 0 Å². The van der Waals surface area contributed by atoms with Gasteiger partial charge in [-0.1, -0.05) is 24.3 Å². The fourth-order valence-electron chi connectivity index (χ4n) is 1.75. The molecule has 0 spiro atoms. The number of aromatic nitrogens is 1. The Hall–Kier alpha value is -1.68. The number of carboxylic acids is 1. The monoisotopic (exact) mass is 247 g/mol. The number of aromatic carboxylic acids is 1. The van der Waals surface area contributed by atoms with Crippen LogP contribution in [0.15, 0.2) is 24.3 Å². The fourth-order valence-corrected chi connectivity index (χ4v) is 2.52. The van der Waals surface area contributed by atoms with E-state index >= 15 is 0 Å². The van der Waals surface area contributed by atoms with Crippen LogP contribution in [0.25, 0.3) is 0 Å². The molecule has 88 valence electrons. The molecule has 1 aromatic carbocycles. The topological polar surface area (TPSA) is 50.2 Å². The van der Waals surface area contributed by atoms with E-state index in [0.29, 0.717) is 17.0 Å². The van der Waals surface area contributed by atoms with Gasteiger partial charge in [-0.05, 0) is 25.0 Å². The normalized spacial score (nSPS) is 10.5. The van der Waals surface area contributed by atoms with Crippen molar-refractivity contribution in [2.24, 2.45) is 0 Å². The quantitative estimate of drug-likeness (QED) is 0.906. The molecule has 0 fully saturated rings. The Morgan fingerprint density at radius 2 is 2.06 bits per heavy atom. The summed E-state index contributed by atoms with van der Waals surface area (Å²) in [5.41, 5.74) is 2.95. The van der Waals surface area contributed by atoms with Gasteiger partial charge in [0.25, 0.3) is 0 Å². The molecule has 17 heavy (non-hydrogen) atoms. The summed E-state index contributed by atoms with van der Waals surface area (Å²) in [4.78, 5) is 15.7. The van der Waals surface area contributed by atoms with Gasteiger partial charge in [-0.2, -0.15) is 0 Å². The van der Waals surface area contributed by atoms with E-state index in [1.807, 2.05) is 38.1 Å². The number of hydrogen-bond acceptors (Lipinski definition) is 3. The molecule has 0 saturated carbocycles. The first-order chi connectivity index (χ1) is 8.08. The summed E-state index contributed by atoms with van der Waals surface area (Å²) in [5.74, 6) is -0.890. The van der Waals surface area contributed by atoms with Crippen molar-refractivity contribution in [2.45, 2.75) is 20.3 Å². The maximum absolute atomic E-state index is 11.1. The van der Waals surface area contributed by atoms with Crippen molar-refractivity contribution in [1.29, 1.82) is 0 Å². The van der Waals surface area contributed by atoms with E-state index in [0.717, 1.165) is 16.1 Å². The zero-order valence-electron chi connectivity index (χ0n) is 9.73. The lowest BCUT2D eigenvalue weighted by Gasteiger charge is -2.03. The van der Waals surface area contributed by atoms with E-state index in [2.05, 4.69) is 4.98 Å². The minimum absolute atomic E-state index is 0.353. The van der Waals surface area contributed by atoms with Crippen LogP contribution in [-0.2, 0) is 6.42 Å². The van der Waals surface area contributed by atoms with E-state index in [-0.39, 0.29) is 0 Å². The molecule has 0 aliphatic heterocycles. The SMILES string of the molecule is Cc1nc(Cc2ccccc2C)c(C(=O)O)s1. The summed E-state index contributed by atoms with van der Waals surface area (Å²) in [6.45, 7) is 3.85. The molecule has 0 saturated heterocycles. The van der Waals surface area contributed by atoms with E-state index < -0.39 is 5.97 Å². The second-order valence-corrected chi connectivity index (χ2v) is 5.12. The van der Waals surface area contributed by atoms with Gasteiger partial charge in [-0.25, -0.2) is 9.78 Å². The van der Waals surface area contributed by atoms with Gasteiger partial charge in [0, 0.05) is 6.42 Å². The average molecular weight is 247 g/mol. The zero-order valence-corrected chi connectivity index (χ0v) is 10.5. The molecule has 0 amide bonds. The Morgan fingerprint density at radius 3 is 2.71 bits per heavy atom. The molecule has 0 radical (unpaired) electrons. The van der Waals surface area contributed by atoms with Crippen LogP contribution in [0.4, 0.5) is 0 Å². The van der Waals surface area contributed by atoms with Crippen LogP contribution in [0.2, 0.25) is 0 Å². The van der Waals surface area contributed by atoms with Gasteiger partial charge in [0.2, 0.25) is 0 Å². The number of carboxylic acid groups (broad SMARTS) is 1. The summed E-state index contributed by atoms with van der Waals surface area (Å²) in [5, 5.41) is 9.89. The predicted octanol–water partition coefficient (Wildman–Crippen LogP) is 3.05. The summed E-state index contributed by atoms with van der Waals surface area (Å²) in [6.07, 6.45) is 0.582. The Kier molecular flexibility index (Phi) is 3.24. The second-order valence-electron chi connectivity index (χ2n) is 3.92. The standard InChI is InChI=1S/C13H13NO2S/c1-8-5-3-4-6-10(8)7-11-12(13(15)16)17-9(2)14-11/h3-6H,7H2,1-2H3,(H,15,16). The number of carbonyl (C=O) groups is 1. The second kappa shape index (κ2) is 4.67. The minimum Gasteiger partial charge on any atom is -0.477 e. The molecule has 0 aliphatic rings. The molecule has 0 atom stereocenters. The minimum atomic E-state index is -0.890. The number of aryl methyl sites for hydroxylation is 2. The Labute approximate surface area is 104 Å². The van der Waals surface area contributed by atoms with Crippen molar-refractivity contribution in [1.82, 2.24) is 4.98 Å². The van der Waals surface area contributed by atoms with Crippen molar-refractivity contribution < 1.29 is 9.90 Å². The lowest BCUT2D eigenvalue weighted by molar-refractivity contribution is 0.0701. The van der Waals surface area contributed by atoms with E-state index in [1.54, 1.807) is 0 Å². The first-order valence-corrected chi connectivity index (χ1v) is 6.13. The molecular weight excluding hydrogens is 234 g/mol. The number of nitrogens with zero attached hydrogens (tertiary/aromatic N) is 1. The molecule has 4 heteroatoms. The third-order valence-electron chi connectivity index (χ3n) is 2.62. The molecular formula is C13H13NO2S. The van der Waals surface area contributed by atoms with Gasteiger partial charge >= 0.3 is 5.97 Å². The molecule has 1 heterocycles. The van der Waals surface area contributed by atoms with Crippen LogP contribution in [0.1, 0.15) is 31.5 Å². The van der Waals surface area contributed by atoms with E-state index in [1.165, 1.54) is 11.3 Å². The van der Waals surface area contributed by atoms with Crippen molar-refractivity contribution in [3.63, 3.8) is 0 Å². The Morgan fingerprint density at radius 1 is 1.35 bits per heavy atom.